The van der Waals surface area contributed by atoms with E-state index < -0.39 is 37.3 Å². The van der Waals surface area contributed by atoms with Gasteiger partial charge in [0.15, 0.2) is 6.29 Å². The molecular weight excluding hydrogens is 242 g/mol. The first-order valence-corrected chi connectivity index (χ1v) is 5.63. The number of carbonyl (C=O) groups excluding carboxylic acids is 1. The van der Waals surface area contributed by atoms with Crippen LogP contribution in [0.5, 0.6) is 0 Å². The predicted molar refractivity (Wildman–Crippen MR) is 61.5 cm³/mol. The molecule has 1 amide bonds. The number of ether oxygens (including phenoxy) is 2. The second-order valence-electron chi connectivity index (χ2n) is 4.05. The number of aliphatic hydroxyl groups excluding tert-OH is 3. The van der Waals surface area contributed by atoms with E-state index in [0.29, 0.717) is 0 Å². The van der Waals surface area contributed by atoms with Crippen LogP contribution in [0.3, 0.4) is 0 Å². The van der Waals surface area contributed by atoms with Crippen molar-refractivity contribution in [3.8, 4) is 0 Å². The van der Waals surface area contributed by atoms with Gasteiger partial charge in [0.2, 0.25) is 5.91 Å². The van der Waals surface area contributed by atoms with Crippen LogP contribution in [0.25, 0.3) is 0 Å². The summed E-state index contributed by atoms with van der Waals surface area (Å²) in [5.74, 6) is -0.385. The zero-order valence-electron chi connectivity index (χ0n) is 10.2. The monoisotopic (exact) mass is 261 g/mol. The molecule has 18 heavy (non-hydrogen) atoms. The third-order valence-electron chi connectivity index (χ3n) is 2.63. The number of aliphatic hydroxyl groups is 3. The molecular formula is C11H19NO6. The number of amides is 1. The first kappa shape index (κ1) is 15.1. The Labute approximate surface area is 105 Å². The molecule has 0 aromatic carbocycles. The summed E-state index contributed by atoms with van der Waals surface area (Å²) in [6, 6.07) is -0.903. The summed E-state index contributed by atoms with van der Waals surface area (Å²) in [6.07, 6.45) is -3.01. The molecule has 5 atom stereocenters. The van der Waals surface area contributed by atoms with Gasteiger partial charge in [-0.25, -0.2) is 0 Å². The quantitative estimate of drug-likeness (QED) is 0.432. The SMILES string of the molecule is C=CCO[C@@H]1OC(CO)[C@@H](O)[C@H](O)C1NC(C)=O. The maximum atomic E-state index is 11.1. The van der Waals surface area contributed by atoms with Gasteiger partial charge in [0, 0.05) is 6.92 Å². The number of hydrogen-bond acceptors (Lipinski definition) is 6. The lowest BCUT2D eigenvalue weighted by atomic mass is 9.97. The van der Waals surface area contributed by atoms with E-state index in [4.69, 9.17) is 14.6 Å². The van der Waals surface area contributed by atoms with Gasteiger partial charge in [-0.3, -0.25) is 4.79 Å². The highest BCUT2D eigenvalue weighted by Gasteiger charge is 2.45. The van der Waals surface area contributed by atoms with Gasteiger partial charge in [-0.05, 0) is 0 Å². The fourth-order valence-electron chi connectivity index (χ4n) is 1.78. The van der Waals surface area contributed by atoms with Crippen LogP contribution >= 0.6 is 0 Å². The molecule has 0 aromatic rings. The van der Waals surface area contributed by atoms with Gasteiger partial charge < -0.3 is 30.1 Å². The highest BCUT2D eigenvalue weighted by atomic mass is 16.7. The Morgan fingerprint density at radius 1 is 1.50 bits per heavy atom. The third-order valence-corrected chi connectivity index (χ3v) is 2.63. The molecule has 7 heteroatoms. The average Bonchev–Trinajstić information content (AvgIpc) is 2.33. The Morgan fingerprint density at radius 2 is 2.17 bits per heavy atom. The molecule has 104 valence electrons. The lowest BCUT2D eigenvalue weighted by molar-refractivity contribution is -0.267. The summed E-state index contributed by atoms with van der Waals surface area (Å²) in [5.41, 5.74) is 0. The topological polar surface area (TPSA) is 108 Å². The molecule has 0 aromatic heterocycles. The summed E-state index contributed by atoms with van der Waals surface area (Å²) in [6.45, 7) is 4.45. The molecule has 1 aliphatic rings. The summed E-state index contributed by atoms with van der Waals surface area (Å²) < 4.78 is 10.5. The Hall–Kier alpha value is -0.990. The normalized spacial score (nSPS) is 36.1. The third kappa shape index (κ3) is 3.50. The molecule has 4 N–H and O–H groups in total. The minimum Gasteiger partial charge on any atom is -0.394 e. The van der Waals surface area contributed by atoms with E-state index in [-0.39, 0.29) is 12.5 Å². The molecule has 0 aliphatic carbocycles. The first-order valence-electron chi connectivity index (χ1n) is 5.63. The minimum atomic E-state index is -1.30. The molecule has 0 spiro atoms. The molecule has 0 radical (unpaired) electrons. The van der Waals surface area contributed by atoms with Crippen molar-refractivity contribution in [1.82, 2.24) is 5.32 Å². The van der Waals surface area contributed by atoms with E-state index in [9.17, 15) is 15.0 Å². The predicted octanol–water partition coefficient (Wildman–Crippen LogP) is -1.87. The van der Waals surface area contributed by atoms with Crippen molar-refractivity contribution < 1.29 is 29.6 Å². The fraction of sp³-hybridized carbons (Fsp3) is 0.727. The molecule has 0 bridgehead atoms. The van der Waals surface area contributed by atoms with Crippen LogP contribution in [0, 0.1) is 0 Å². The highest BCUT2D eigenvalue weighted by Crippen LogP contribution is 2.22. The van der Waals surface area contributed by atoms with Gasteiger partial charge in [0.1, 0.15) is 24.4 Å². The smallest absolute Gasteiger partial charge is 0.217 e. The zero-order valence-corrected chi connectivity index (χ0v) is 10.2. The van der Waals surface area contributed by atoms with Gasteiger partial charge in [0.25, 0.3) is 0 Å². The van der Waals surface area contributed by atoms with Crippen LogP contribution in [0.15, 0.2) is 12.7 Å². The van der Waals surface area contributed by atoms with Crippen molar-refractivity contribution in [3.05, 3.63) is 12.7 Å². The molecule has 1 rings (SSSR count). The minimum absolute atomic E-state index is 0.154. The van der Waals surface area contributed by atoms with Crippen molar-refractivity contribution in [2.24, 2.45) is 0 Å². The lowest BCUT2D eigenvalue weighted by Crippen LogP contribution is -2.64. The van der Waals surface area contributed by atoms with Crippen molar-refractivity contribution in [2.45, 2.75) is 37.6 Å². The van der Waals surface area contributed by atoms with E-state index in [1.807, 2.05) is 0 Å². The number of nitrogens with one attached hydrogen (secondary N) is 1. The fourth-order valence-corrected chi connectivity index (χ4v) is 1.78. The van der Waals surface area contributed by atoms with Crippen molar-refractivity contribution >= 4 is 5.91 Å². The first-order chi connectivity index (χ1) is 8.51. The maximum absolute atomic E-state index is 11.1. The summed E-state index contributed by atoms with van der Waals surface area (Å²) in [4.78, 5) is 11.1. The molecule has 1 fully saturated rings. The number of carbonyl (C=O) groups is 1. The molecule has 7 nitrogen and oxygen atoms in total. The summed E-state index contributed by atoms with van der Waals surface area (Å²) in [5, 5.41) is 31.1. The van der Waals surface area contributed by atoms with Crippen LogP contribution in [-0.4, -0.2) is 65.1 Å². The van der Waals surface area contributed by atoms with E-state index in [1.54, 1.807) is 0 Å². The number of rotatable bonds is 5. The summed E-state index contributed by atoms with van der Waals surface area (Å²) in [7, 11) is 0. The second-order valence-corrected chi connectivity index (χ2v) is 4.05. The van der Waals surface area contributed by atoms with Gasteiger partial charge in [-0.15, -0.1) is 6.58 Å². The standard InChI is InChI=1S/C11H19NO6/c1-3-4-17-11-8(12-6(2)14)10(16)9(15)7(5-13)18-11/h3,7-11,13,15-16H,1,4-5H2,2H3,(H,12,14)/t7?,8?,9-,10-,11-/m1/s1. The molecule has 1 aliphatic heterocycles. The van der Waals surface area contributed by atoms with Gasteiger partial charge in [-0.2, -0.15) is 0 Å². The van der Waals surface area contributed by atoms with E-state index in [1.165, 1.54) is 13.0 Å². The van der Waals surface area contributed by atoms with Crippen LogP contribution in [0.4, 0.5) is 0 Å². The van der Waals surface area contributed by atoms with Crippen LogP contribution < -0.4 is 5.32 Å². The largest absolute Gasteiger partial charge is 0.394 e. The Kier molecular flexibility index (Phi) is 5.70. The Morgan fingerprint density at radius 3 is 2.67 bits per heavy atom. The van der Waals surface area contributed by atoms with E-state index >= 15 is 0 Å². The van der Waals surface area contributed by atoms with Crippen molar-refractivity contribution in [2.75, 3.05) is 13.2 Å². The van der Waals surface area contributed by atoms with E-state index in [0.717, 1.165) is 0 Å². The van der Waals surface area contributed by atoms with E-state index in [2.05, 4.69) is 11.9 Å². The van der Waals surface area contributed by atoms with Crippen LogP contribution in [-0.2, 0) is 14.3 Å². The van der Waals surface area contributed by atoms with Crippen LogP contribution in [0.2, 0.25) is 0 Å². The van der Waals surface area contributed by atoms with Crippen molar-refractivity contribution in [1.29, 1.82) is 0 Å². The average molecular weight is 261 g/mol. The Bertz CT molecular complexity index is 297. The van der Waals surface area contributed by atoms with Gasteiger partial charge in [0.05, 0.1) is 13.2 Å². The van der Waals surface area contributed by atoms with Crippen molar-refractivity contribution in [3.63, 3.8) is 0 Å². The maximum Gasteiger partial charge on any atom is 0.217 e. The highest BCUT2D eigenvalue weighted by molar-refractivity contribution is 5.73. The van der Waals surface area contributed by atoms with Gasteiger partial charge in [-0.1, -0.05) is 6.08 Å². The molecule has 2 unspecified atom stereocenters. The zero-order chi connectivity index (χ0) is 13.7. The number of hydrogen-bond donors (Lipinski definition) is 4. The van der Waals surface area contributed by atoms with Gasteiger partial charge >= 0.3 is 0 Å². The Balaban J connectivity index is 2.79. The lowest BCUT2D eigenvalue weighted by Gasteiger charge is -2.42. The van der Waals surface area contributed by atoms with Crippen LogP contribution in [0.1, 0.15) is 6.92 Å². The summed E-state index contributed by atoms with van der Waals surface area (Å²) >= 11 is 0. The molecule has 1 saturated heterocycles. The molecule has 0 saturated carbocycles. The molecule has 1 heterocycles. The second kappa shape index (κ2) is 6.81.